The molecule has 198 valence electrons. The molecular weight excluding hydrogens is 530 g/mol. The van der Waals surface area contributed by atoms with Gasteiger partial charge in [0.05, 0.1) is 23.0 Å². The van der Waals surface area contributed by atoms with Crippen LogP contribution < -0.4 is 4.90 Å². The smallest absolute Gasteiger partial charge is 0.356 e. The number of thiazole rings is 1. The highest BCUT2D eigenvalue weighted by Crippen LogP contribution is 2.52. The molecule has 38 heavy (non-hydrogen) atoms. The van der Waals surface area contributed by atoms with Crippen molar-refractivity contribution in [2.75, 3.05) is 18.0 Å². The van der Waals surface area contributed by atoms with Gasteiger partial charge in [0, 0.05) is 46.7 Å². The van der Waals surface area contributed by atoms with Crippen LogP contribution in [0.1, 0.15) is 31.5 Å². The molecule has 2 saturated heterocycles. The third-order valence-electron chi connectivity index (χ3n) is 7.13. The van der Waals surface area contributed by atoms with Crippen molar-refractivity contribution in [3.8, 4) is 6.07 Å². The van der Waals surface area contributed by atoms with Crippen LogP contribution in [0.2, 0.25) is 0 Å². The van der Waals surface area contributed by atoms with Crippen molar-refractivity contribution in [1.82, 2.24) is 9.88 Å². The number of carbonyl (C=O) groups excluding carboxylic acids is 2. The minimum Gasteiger partial charge on any atom is -0.456 e. The first-order chi connectivity index (χ1) is 18.2. The largest absolute Gasteiger partial charge is 0.456 e. The number of amides is 1. The number of rotatable bonds is 8. The lowest BCUT2D eigenvalue weighted by atomic mass is 9.79. The Morgan fingerprint density at radius 1 is 1.42 bits per heavy atom. The first kappa shape index (κ1) is 26.1. The Labute approximate surface area is 226 Å². The van der Waals surface area contributed by atoms with E-state index in [1.54, 1.807) is 24.1 Å². The highest BCUT2D eigenvalue weighted by atomic mass is 32.2. The van der Waals surface area contributed by atoms with Crippen LogP contribution >= 0.6 is 23.1 Å². The zero-order valence-corrected chi connectivity index (χ0v) is 22.3. The van der Waals surface area contributed by atoms with Crippen LogP contribution in [0.5, 0.6) is 0 Å². The monoisotopic (exact) mass is 555 g/mol. The van der Waals surface area contributed by atoms with Crippen molar-refractivity contribution in [2.24, 2.45) is 11.8 Å². The molecule has 0 saturated carbocycles. The van der Waals surface area contributed by atoms with Crippen LogP contribution in [-0.4, -0.2) is 62.3 Å². The highest BCUT2D eigenvalue weighted by Gasteiger charge is 2.60. The Morgan fingerprint density at radius 3 is 2.79 bits per heavy atom. The molecule has 0 bridgehead atoms. The van der Waals surface area contributed by atoms with Gasteiger partial charge in [-0.25, -0.2) is 9.78 Å². The Hall–Kier alpha value is -3.47. The van der Waals surface area contributed by atoms with Gasteiger partial charge in [-0.15, -0.1) is 23.1 Å². The van der Waals surface area contributed by atoms with E-state index in [4.69, 9.17) is 10.00 Å². The molecule has 13 heteroatoms. The summed E-state index contributed by atoms with van der Waals surface area (Å²) in [7, 11) is 0. The SMILES string of the molecule is C[C@@H](O)[C@H]1C(=O)N2C(C(=O)OCc3ccc([N+](=O)[O-])cc3)=C(S[C@H]3CCN(c4nc(C#N)cs4)C3)[C@H](C)[C@H]12. The summed E-state index contributed by atoms with van der Waals surface area (Å²) in [5, 5.41) is 32.8. The van der Waals surface area contributed by atoms with E-state index in [1.165, 1.54) is 40.5 Å². The van der Waals surface area contributed by atoms with Crippen molar-refractivity contribution in [1.29, 1.82) is 5.26 Å². The molecule has 1 aromatic heterocycles. The van der Waals surface area contributed by atoms with E-state index in [9.17, 15) is 24.8 Å². The summed E-state index contributed by atoms with van der Waals surface area (Å²) in [5.74, 6) is -1.67. The summed E-state index contributed by atoms with van der Waals surface area (Å²) in [6, 6.07) is 7.47. The molecule has 2 fully saturated rings. The fraction of sp³-hybridized carbons (Fsp3) is 0.440. The highest BCUT2D eigenvalue weighted by molar-refractivity contribution is 8.03. The van der Waals surface area contributed by atoms with Gasteiger partial charge in [-0.1, -0.05) is 6.92 Å². The van der Waals surface area contributed by atoms with E-state index in [-0.39, 0.29) is 41.1 Å². The van der Waals surface area contributed by atoms with Crippen LogP contribution in [0.3, 0.4) is 0 Å². The molecule has 2 aromatic rings. The van der Waals surface area contributed by atoms with Crippen molar-refractivity contribution in [2.45, 2.75) is 44.3 Å². The summed E-state index contributed by atoms with van der Waals surface area (Å²) < 4.78 is 5.57. The number of hydrogen-bond donors (Lipinski definition) is 1. The van der Waals surface area contributed by atoms with E-state index in [2.05, 4.69) is 16.0 Å². The molecule has 0 radical (unpaired) electrons. The number of esters is 1. The molecule has 1 amide bonds. The number of nitriles is 1. The topological polar surface area (TPSA) is 150 Å². The Kier molecular flexibility index (Phi) is 7.13. The van der Waals surface area contributed by atoms with Crippen LogP contribution in [0, 0.1) is 33.3 Å². The van der Waals surface area contributed by atoms with Gasteiger partial charge in [0.1, 0.15) is 18.4 Å². The van der Waals surface area contributed by atoms with E-state index in [0.717, 1.165) is 23.0 Å². The molecule has 0 spiro atoms. The molecule has 5 atom stereocenters. The summed E-state index contributed by atoms with van der Waals surface area (Å²) in [5.41, 5.74) is 1.13. The van der Waals surface area contributed by atoms with Crippen molar-refractivity contribution >= 4 is 45.8 Å². The fourth-order valence-electron chi connectivity index (χ4n) is 5.24. The van der Waals surface area contributed by atoms with Gasteiger partial charge in [0.2, 0.25) is 5.91 Å². The molecule has 1 aromatic carbocycles. The number of ether oxygens (including phenoxy) is 1. The molecule has 4 heterocycles. The van der Waals surface area contributed by atoms with E-state index >= 15 is 0 Å². The zero-order valence-electron chi connectivity index (χ0n) is 20.6. The van der Waals surface area contributed by atoms with Gasteiger partial charge < -0.3 is 19.6 Å². The summed E-state index contributed by atoms with van der Waals surface area (Å²) in [4.78, 5) is 45.4. The van der Waals surface area contributed by atoms with Crippen LogP contribution in [0.15, 0.2) is 40.2 Å². The van der Waals surface area contributed by atoms with Crippen molar-refractivity contribution < 1.29 is 24.4 Å². The molecule has 0 unspecified atom stereocenters. The second kappa shape index (κ2) is 10.4. The number of nitrogens with zero attached hydrogens (tertiary/aromatic N) is 5. The molecule has 0 aliphatic carbocycles. The number of nitro benzene ring substituents is 1. The first-order valence-corrected chi connectivity index (χ1v) is 13.9. The molecular formula is C25H25N5O6S2. The molecule has 11 nitrogen and oxygen atoms in total. The summed E-state index contributed by atoms with van der Waals surface area (Å²) >= 11 is 2.98. The lowest BCUT2D eigenvalue weighted by Gasteiger charge is -2.46. The minimum atomic E-state index is -0.839. The van der Waals surface area contributed by atoms with Crippen LogP contribution in [0.25, 0.3) is 0 Å². The predicted octanol–water partition coefficient (Wildman–Crippen LogP) is 3.05. The number of hydrogen-bond acceptors (Lipinski definition) is 11. The van der Waals surface area contributed by atoms with Crippen LogP contribution in [-0.2, 0) is 20.9 Å². The predicted molar refractivity (Wildman–Crippen MR) is 140 cm³/mol. The number of fused-ring (bicyclic) bond motifs is 1. The second-order valence-corrected chi connectivity index (χ2v) is 11.7. The van der Waals surface area contributed by atoms with Gasteiger partial charge in [-0.3, -0.25) is 14.9 Å². The third-order valence-corrected chi connectivity index (χ3v) is 9.57. The number of anilines is 1. The summed E-state index contributed by atoms with van der Waals surface area (Å²) in [6.07, 6.45) is 0.000443. The van der Waals surface area contributed by atoms with E-state index in [1.807, 2.05) is 6.92 Å². The van der Waals surface area contributed by atoms with Gasteiger partial charge in [0.15, 0.2) is 10.8 Å². The van der Waals surface area contributed by atoms with Gasteiger partial charge >= 0.3 is 5.97 Å². The lowest BCUT2D eigenvalue weighted by Crippen LogP contribution is -2.63. The van der Waals surface area contributed by atoms with E-state index in [0.29, 0.717) is 17.8 Å². The number of β-lactam (4-membered cyclic amide) rings is 1. The number of non-ortho nitro benzene ring substituents is 1. The molecule has 1 N–H and O–H groups in total. The lowest BCUT2D eigenvalue weighted by molar-refractivity contribution is -0.384. The average Bonchev–Trinajstić information content (AvgIpc) is 3.61. The Balaban J connectivity index is 1.34. The van der Waals surface area contributed by atoms with Crippen molar-refractivity contribution in [3.05, 3.63) is 61.6 Å². The number of aliphatic hydroxyl groups is 1. The maximum absolute atomic E-state index is 13.3. The van der Waals surface area contributed by atoms with E-state index < -0.39 is 22.9 Å². The molecule has 5 rings (SSSR count). The quantitative estimate of drug-likeness (QED) is 0.223. The number of aliphatic hydroxyl groups excluding tert-OH is 1. The first-order valence-electron chi connectivity index (χ1n) is 12.1. The fourth-order valence-corrected chi connectivity index (χ4v) is 7.51. The average molecular weight is 556 g/mol. The summed E-state index contributed by atoms with van der Waals surface area (Å²) in [6.45, 7) is 4.90. The third kappa shape index (κ3) is 4.63. The van der Waals surface area contributed by atoms with Crippen LogP contribution in [0.4, 0.5) is 10.8 Å². The van der Waals surface area contributed by atoms with Crippen molar-refractivity contribution in [3.63, 3.8) is 0 Å². The number of benzene rings is 1. The van der Waals surface area contributed by atoms with Gasteiger partial charge in [-0.2, -0.15) is 5.26 Å². The Bertz CT molecular complexity index is 1350. The number of carbonyl (C=O) groups is 2. The maximum Gasteiger partial charge on any atom is 0.356 e. The van der Waals surface area contributed by atoms with Gasteiger partial charge in [-0.05, 0) is 31.0 Å². The standard InChI is InChI=1S/C25H25N5O6S2/c1-13-20-19(14(2)31)23(32)29(20)21(24(33)36-11-15-3-5-17(6-4-15)30(34)35)22(13)38-18-7-8-28(10-18)25-27-16(9-26)12-37-25/h3-6,12-14,18-20,31H,7-8,10-11H2,1-2H3/t13-,14-,18+,19-,20-/m1/s1. The maximum atomic E-state index is 13.3. The number of aromatic nitrogens is 1. The number of nitro groups is 1. The second-order valence-electron chi connectivity index (χ2n) is 9.57. The normalized spacial score (nSPS) is 25.2. The van der Waals surface area contributed by atoms with Gasteiger partial charge in [0.25, 0.3) is 5.69 Å². The Morgan fingerprint density at radius 2 is 2.16 bits per heavy atom. The number of thioether (sulfide) groups is 1. The molecule has 3 aliphatic heterocycles. The molecule has 3 aliphatic rings. The zero-order chi connectivity index (χ0) is 27.1. The minimum absolute atomic E-state index is 0.0588.